The molecular formula is C13H13N9O. The van der Waals surface area contributed by atoms with E-state index in [2.05, 4.69) is 40.4 Å². The third kappa shape index (κ3) is 2.95. The Morgan fingerprint density at radius 3 is 2.96 bits per heavy atom. The van der Waals surface area contributed by atoms with E-state index in [1.54, 1.807) is 25.5 Å². The number of rotatable bonds is 4. The Morgan fingerprint density at radius 1 is 1.39 bits per heavy atom. The first-order valence-electron chi connectivity index (χ1n) is 6.65. The van der Waals surface area contributed by atoms with Crippen LogP contribution in [-0.4, -0.2) is 42.2 Å². The molecule has 2 N–H and O–H groups in total. The second kappa shape index (κ2) is 6.13. The minimum atomic E-state index is 0.133. The number of hydrogen-bond donors (Lipinski definition) is 1. The quantitative estimate of drug-likeness (QED) is 0.555. The fourth-order valence-corrected chi connectivity index (χ4v) is 1.88. The lowest BCUT2D eigenvalue weighted by Gasteiger charge is -1.98. The van der Waals surface area contributed by atoms with Crippen molar-refractivity contribution in [2.75, 3.05) is 5.73 Å². The first-order chi connectivity index (χ1) is 11.2. The minimum Gasteiger partial charge on any atom is -0.378 e. The second-order valence-electron chi connectivity index (χ2n) is 4.62. The Morgan fingerprint density at radius 2 is 2.26 bits per heavy atom. The van der Waals surface area contributed by atoms with Gasteiger partial charge in [-0.25, -0.2) is 4.63 Å². The molecule has 0 aliphatic rings. The van der Waals surface area contributed by atoms with Crippen molar-refractivity contribution in [2.45, 2.75) is 13.8 Å². The summed E-state index contributed by atoms with van der Waals surface area (Å²) < 4.78 is 6.00. The normalized spacial score (nSPS) is 12.2. The van der Waals surface area contributed by atoms with Gasteiger partial charge in [-0.15, -0.1) is 5.10 Å². The molecule has 0 amide bonds. The van der Waals surface area contributed by atoms with Gasteiger partial charge in [-0.3, -0.25) is 4.98 Å². The van der Waals surface area contributed by atoms with Gasteiger partial charge >= 0.3 is 0 Å². The maximum Gasteiger partial charge on any atom is 0.243 e. The summed E-state index contributed by atoms with van der Waals surface area (Å²) in [6.07, 6.45) is 4.99. The van der Waals surface area contributed by atoms with Gasteiger partial charge in [-0.2, -0.15) is 14.9 Å². The lowest BCUT2D eigenvalue weighted by Crippen LogP contribution is -2.04. The first-order valence-corrected chi connectivity index (χ1v) is 6.65. The first kappa shape index (κ1) is 14.5. The third-order valence-electron chi connectivity index (χ3n) is 3.03. The Bertz CT molecular complexity index is 863. The summed E-state index contributed by atoms with van der Waals surface area (Å²) in [6, 6.07) is 3.70. The molecule has 3 heterocycles. The molecule has 0 aliphatic heterocycles. The van der Waals surface area contributed by atoms with Crippen molar-refractivity contribution in [3.8, 4) is 5.82 Å². The van der Waals surface area contributed by atoms with Crippen LogP contribution in [0.25, 0.3) is 5.82 Å². The fourth-order valence-electron chi connectivity index (χ4n) is 1.88. The highest BCUT2D eigenvalue weighted by atomic mass is 16.6. The molecule has 10 heteroatoms. The molecule has 0 fully saturated rings. The zero-order valence-corrected chi connectivity index (χ0v) is 12.5. The molecule has 0 saturated heterocycles. The van der Waals surface area contributed by atoms with Crippen molar-refractivity contribution in [1.82, 2.24) is 30.3 Å². The Hall–Kier alpha value is -3.43. The van der Waals surface area contributed by atoms with Crippen LogP contribution in [0.3, 0.4) is 0 Å². The summed E-state index contributed by atoms with van der Waals surface area (Å²) in [5.41, 5.74) is 8.39. The van der Waals surface area contributed by atoms with E-state index in [0.29, 0.717) is 17.1 Å². The number of pyridine rings is 1. The minimum absolute atomic E-state index is 0.133. The zero-order valence-electron chi connectivity index (χ0n) is 12.5. The summed E-state index contributed by atoms with van der Waals surface area (Å²) in [5, 5.41) is 23.4. The highest BCUT2D eigenvalue weighted by molar-refractivity contribution is 5.98. The van der Waals surface area contributed by atoms with Crippen molar-refractivity contribution in [3.05, 3.63) is 41.5 Å². The third-order valence-corrected chi connectivity index (χ3v) is 3.03. The van der Waals surface area contributed by atoms with Crippen molar-refractivity contribution < 1.29 is 4.63 Å². The van der Waals surface area contributed by atoms with E-state index >= 15 is 0 Å². The summed E-state index contributed by atoms with van der Waals surface area (Å²) in [4.78, 5) is 4.00. The monoisotopic (exact) mass is 311 g/mol. The molecule has 23 heavy (non-hydrogen) atoms. The number of aromatic nitrogens is 6. The number of nitrogen functional groups attached to an aromatic ring is 1. The molecule has 3 aromatic rings. The molecule has 0 bridgehead atoms. The van der Waals surface area contributed by atoms with E-state index in [1.165, 1.54) is 4.68 Å². The van der Waals surface area contributed by atoms with Gasteiger partial charge in [0.15, 0.2) is 0 Å². The van der Waals surface area contributed by atoms with Crippen LogP contribution in [0.2, 0.25) is 0 Å². The molecule has 0 atom stereocenters. The summed E-state index contributed by atoms with van der Waals surface area (Å²) in [5.74, 6) is 0.418. The molecular weight excluding hydrogens is 298 g/mol. The van der Waals surface area contributed by atoms with Gasteiger partial charge in [-0.05, 0) is 30.2 Å². The molecule has 0 spiro atoms. The molecule has 0 unspecified atom stereocenters. The standard InChI is InChI=1S/C13H13N9O/c1-8(17-16-7-10-4-3-5-15-6-10)11-9(2)22(21-18-11)13-12(14)19-23-20-13/h3-7H,1-2H3,(H2,14,19)/b16-7-,17-8-. The number of nitrogens with zero attached hydrogens (tertiary/aromatic N) is 8. The van der Waals surface area contributed by atoms with Crippen LogP contribution < -0.4 is 5.73 Å². The van der Waals surface area contributed by atoms with Crippen molar-refractivity contribution in [1.29, 1.82) is 0 Å². The van der Waals surface area contributed by atoms with Crippen LogP contribution in [0.5, 0.6) is 0 Å². The van der Waals surface area contributed by atoms with Crippen LogP contribution in [0, 0.1) is 6.92 Å². The van der Waals surface area contributed by atoms with E-state index in [-0.39, 0.29) is 11.6 Å². The molecule has 0 radical (unpaired) electrons. The van der Waals surface area contributed by atoms with E-state index in [0.717, 1.165) is 5.56 Å². The van der Waals surface area contributed by atoms with E-state index in [1.807, 2.05) is 19.1 Å². The molecule has 0 aliphatic carbocycles. The lowest BCUT2D eigenvalue weighted by molar-refractivity contribution is 0.306. The van der Waals surface area contributed by atoms with Gasteiger partial charge in [0.05, 0.1) is 17.6 Å². The topological polar surface area (TPSA) is 133 Å². The predicted molar refractivity (Wildman–Crippen MR) is 82.4 cm³/mol. The van der Waals surface area contributed by atoms with Crippen LogP contribution in [0.1, 0.15) is 23.9 Å². The van der Waals surface area contributed by atoms with E-state index in [9.17, 15) is 0 Å². The van der Waals surface area contributed by atoms with E-state index in [4.69, 9.17) is 5.73 Å². The lowest BCUT2D eigenvalue weighted by atomic mass is 10.2. The fraction of sp³-hybridized carbons (Fsp3) is 0.154. The largest absolute Gasteiger partial charge is 0.378 e. The van der Waals surface area contributed by atoms with Gasteiger partial charge in [0, 0.05) is 18.0 Å². The second-order valence-corrected chi connectivity index (χ2v) is 4.62. The highest BCUT2D eigenvalue weighted by Gasteiger charge is 2.17. The van der Waals surface area contributed by atoms with Crippen LogP contribution in [-0.2, 0) is 0 Å². The zero-order chi connectivity index (χ0) is 16.2. The van der Waals surface area contributed by atoms with Crippen LogP contribution in [0.4, 0.5) is 5.82 Å². The number of anilines is 1. The molecule has 0 aromatic carbocycles. The predicted octanol–water partition coefficient (Wildman–Crippen LogP) is 0.779. The molecule has 10 nitrogen and oxygen atoms in total. The summed E-state index contributed by atoms with van der Waals surface area (Å²) in [6.45, 7) is 3.60. The van der Waals surface area contributed by atoms with Crippen molar-refractivity contribution in [2.24, 2.45) is 10.2 Å². The van der Waals surface area contributed by atoms with E-state index < -0.39 is 0 Å². The van der Waals surface area contributed by atoms with Gasteiger partial charge in [0.1, 0.15) is 5.69 Å². The smallest absolute Gasteiger partial charge is 0.243 e. The molecule has 3 rings (SSSR count). The summed E-state index contributed by atoms with van der Waals surface area (Å²) >= 11 is 0. The van der Waals surface area contributed by atoms with Gasteiger partial charge in [-0.1, -0.05) is 11.3 Å². The van der Waals surface area contributed by atoms with Gasteiger partial charge < -0.3 is 5.73 Å². The Balaban J connectivity index is 1.85. The number of hydrogen-bond acceptors (Lipinski definition) is 9. The van der Waals surface area contributed by atoms with Crippen LogP contribution >= 0.6 is 0 Å². The summed E-state index contributed by atoms with van der Waals surface area (Å²) in [7, 11) is 0. The Kier molecular flexibility index (Phi) is 3.87. The number of nitrogens with two attached hydrogens (primary N) is 1. The van der Waals surface area contributed by atoms with Crippen molar-refractivity contribution in [3.63, 3.8) is 0 Å². The molecule has 3 aromatic heterocycles. The SMILES string of the molecule is C/C(=N/N=C\c1cccnc1)c1nnn(-c2nonc2N)c1C. The van der Waals surface area contributed by atoms with Gasteiger partial charge in [0.2, 0.25) is 11.6 Å². The van der Waals surface area contributed by atoms with Gasteiger partial charge in [0.25, 0.3) is 0 Å². The maximum atomic E-state index is 5.66. The Labute approximate surface area is 130 Å². The average Bonchev–Trinajstić information content (AvgIpc) is 3.14. The maximum absolute atomic E-state index is 5.66. The molecule has 0 saturated carbocycles. The van der Waals surface area contributed by atoms with Crippen molar-refractivity contribution >= 4 is 17.7 Å². The van der Waals surface area contributed by atoms with Crippen LogP contribution in [0.15, 0.2) is 39.4 Å². The average molecular weight is 311 g/mol. The molecule has 116 valence electrons. The highest BCUT2D eigenvalue weighted by Crippen LogP contribution is 2.15.